The van der Waals surface area contributed by atoms with Crippen LogP contribution in [0.5, 0.6) is 11.5 Å². The van der Waals surface area contributed by atoms with Gasteiger partial charge in [-0.25, -0.2) is 0 Å². The molecule has 3 nitrogen and oxygen atoms in total. The second-order valence-electron chi connectivity index (χ2n) is 3.09. The summed E-state index contributed by atoms with van der Waals surface area (Å²) < 4.78 is 10.4. The van der Waals surface area contributed by atoms with Crippen LogP contribution in [-0.2, 0) is 6.42 Å². The summed E-state index contributed by atoms with van der Waals surface area (Å²) in [5.41, 5.74) is 2.09. The Balaban J connectivity index is 2.24. The van der Waals surface area contributed by atoms with Crippen LogP contribution in [0.2, 0.25) is 0 Å². The summed E-state index contributed by atoms with van der Waals surface area (Å²) >= 11 is 0. The largest absolute Gasteiger partial charge is 0.454 e. The summed E-state index contributed by atoms with van der Waals surface area (Å²) in [4.78, 5) is 0. The molecule has 1 unspecified atom stereocenters. The summed E-state index contributed by atoms with van der Waals surface area (Å²) in [5.74, 6) is 1.50. The van der Waals surface area contributed by atoms with Gasteiger partial charge in [-0.3, -0.25) is 0 Å². The van der Waals surface area contributed by atoms with Crippen LogP contribution in [0.15, 0.2) is 12.1 Å². The van der Waals surface area contributed by atoms with Crippen molar-refractivity contribution in [2.75, 3.05) is 6.79 Å². The van der Waals surface area contributed by atoms with Crippen LogP contribution in [0.4, 0.5) is 0 Å². The van der Waals surface area contributed by atoms with Crippen molar-refractivity contribution in [2.24, 2.45) is 0 Å². The molecule has 1 aromatic rings. The van der Waals surface area contributed by atoms with Crippen molar-refractivity contribution in [2.45, 2.75) is 12.5 Å². The van der Waals surface area contributed by atoms with Crippen LogP contribution in [0, 0.1) is 0 Å². The zero-order valence-corrected chi connectivity index (χ0v) is 6.41. The second-order valence-corrected chi connectivity index (χ2v) is 3.09. The average molecular weight is 164 g/mol. The second kappa shape index (κ2) is 1.93. The third-order valence-electron chi connectivity index (χ3n) is 2.41. The van der Waals surface area contributed by atoms with Gasteiger partial charge in [0, 0.05) is 12.0 Å². The molecule has 3 rings (SSSR count). The molecule has 0 aromatic heterocycles. The molecule has 0 spiro atoms. The average Bonchev–Trinajstić information content (AvgIpc) is 2.47. The van der Waals surface area contributed by atoms with E-state index < -0.39 is 0 Å². The Morgan fingerprint density at radius 2 is 2.25 bits per heavy atom. The van der Waals surface area contributed by atoms with Gasteiger partial charge in [-0.15, -0.1) is 0 Å². The first-order valence-corrected chi connectivity index (χ1v) is 3.95. The molecule has 0 amide bonds. The maximum Gasteiger partial charge on any atom is 0.231 e. The number of hydrogen-bond acceptors (Lipinski definition) is 3. The SMILES string of the molecule is OC1Cc2ccc3c(c21)OCO3. The highest BCUT2D eigenvalue weighted by molar-refractivity contribution is 5.57. The molecule has 1 aliphatic carbocycles. The van der Waals surface area contributed by atoms with E-state index in [-0.39, 0.29) is 12.9 Å². The third kappa shape index (κ3) is 0.599. The Hall–Kier alpha value is -1.22. The fourth-order valence-electron chi connectivity index (χ4n) is 1.76. The Morgan fingerprint density at radius 1 is 1.33 bits per heavy atom. The van der Waals surface area contributed by atoms with E-state index in [0.717, 1.165) is 23.5 Å². The molecule has 0 saturated carbocycles. The van der Waals surface area contributed by atoms with Crippen molar-refractivity contribution < 1.29 is 14.6 Å². The molecule has 0 bridgehead atoms. The minimum absolute atomic E-state index is 0.276. The normalized spacial score (nSPS) is 23.2. The molecule has 1 heterocycles. The minimum atomic E-state index is -0.350. The number of benzene rings is 1. The zero-order chi connectivity index (χ0) is 8.13. The number of rotatable bonds is 0. The summed E-state index contributed by atoms with van der Waals surface area (Å²) in [6.07, 6.45) is 0.392. The summed E-state index contributed by atoms with van der Waals surface area (Å²) in [6.45, 7) is 0.276. The maximum absolute atomic E-state index is 9.43. The molecule has 2 aliphatic rings. The van der Waals surface area contributed by atoms with Crippen molar-refractivity contribution in [1.29, 1.82) is 0 Å². The smallest absolute Gasteiger partial charge is 0.231 e. The van der Waals surface area contributed by atoms with Crippen LogP contribution in [0.25, 0.3) is 0 Å². The van der Waals surface area contributed by atoms with E-state index in [0.29, 0.717) is 0 Å². The van der Waals surface area contributed by atoms with E-state index in [1.807, 2.05) is 12.1 Å². The lowest BCUT2D eigenvalue weighted by atomic mass is 9.84. The van der Waals surface area contributed by atoms with E-state index in [4.69, 9.17) is 9.47 Å². The predicted octanol–water partition coefficient (Wildman–Crippen LogP) is 1.00. The summed E-state index contributed by atoms with van der Waals surface area (Å²) in [7, 11) is 0. The van der Waals surface area contributed by atoms with Crippen LogP contribution < -0.4 is 9.47 Å². The van der Waals surface area contributed by atoms with Crippen LogP contribution >= 0.6 is 0 Å². The van der Waals surface area contributed by atoms with Gasteiger partial charge in [-0.2, -0.15) is 0 Å². The van der Waals surface area contributed by atoms with Crippen LogP contribution in [0.1, 0.15) is 17.2 Å². The lowest BCUT2D eigenvalue weighted by molar-refractivity contribution is 0.140. The first kappa shape index (κ1) is 6.31. The molecule has 62 valence electrons. The molecule has 0 radical (unpaired) electrons. The van der Waals surface area contributed by atoms with Gasteiger partial charge in [0.15, 0.2) is 11.5 Å². The third-order valence-corrected chi connectivity index (χ3v) is 2.41. The van der Waals surface area contributed by atoms with E-state index in [2.05, 4.69) is 0 Å². The quantitative estimate of drug-likeness (QED) is 0.621. The van der Waals surface area contributed by atoms with Gasteiger partial charge in [0.1, 0.15) is 0 Å². The van der Waals surface area contributed by atoms with Gasteiger partial charge in [0.25, 0.3) is 0 Å². The van der Waals surface area contributed by atoms with E-state index in [1.165, 1.54) is 5.56 Å². The fourth-order valence-corrected chi connectivity index (χ4v) is 1.76. The van der Waals surface area contributed by atoms with Gasteiger partial charge < -0.3 is 14.6 Å². The van der Waals surface area contributed by atoms with Crippen molar-refractivity contribution >= 4 is 0 Å². The summed E-state index contributed by atoms with van der Waals surface area (Å²) in [6, 6.07) is 3.88. The molecule has 0 saturated heterocycles. The van der Waals surface area contributed by atoms with Crippen molar-refractivity contribution in [3.05, 3.63) is 23.3 Å². The predicted molar refractivity (Wildman–Crippen MR) is 41.2 cm³/mol. The minimum Gasteiger partial charge on any atom is -0.454 e. The van der Waals surface area contributed by atoms with Gasteiger partial charge in [-0.1, -0.05) is 6.07 Å². The highest BCUT2D eigenvalue weighted by Crippen LogP contribution is 2.47. The fraction of sp³-hybridized carbons (Fsp3) is 0.333. The Morgan fingerprint density at radius 3 is 3.08 bits per heavy atom. The number of aliphatic hydroxyl groups is 1. The lowest BCUT2D eigenvalue weighted by Gasteiger charge is -2.26. The van der Waals surface area contributed by atoms with E-state index in [1.54, 1.807) is 0 Å². The topological polar surface area (TPSA) is 38.7 Å². The molecule has 1 aliphatic heterocycles. The zero-order valence-electron chi connectivity index (χ0n) is 6.41. The maximum atomic E-state index is 9.43. The van der Waals surface area contributed by atoms with Crippen molar-refractivity contribution in [3.8, 4) is 11.5 Å². The highest BCUT2D eigenvalue weighted by atomic mass is 16.7. The van der Waals surface area contributed by atoms with Gasteiger partial charge in [0.05, 0.1) is 6.10 Å². The first-order valence-electron chi connectivity index (χ1n) is 3.95. The Kier molecular flexibility index (Phi) is 1.01. The molecule has 1 atom stereocenters. The molecular weight excluding hydrogens is 156 g/mol. The Bertz CT molecular complexity index is 346. The molecular formula is C9H8O3. The molecule has 0 fully saturated rings. The van der Waals surface area contributed by atoms with Gasteiger partial charge >= 0.3 is 0 Å². The van der Waals surface area contributed by atoms with Crippen LogP contribution in [0.3, 0.4) is 0 Å². The van der Waals surface area contributed by atoms with E-state index >= 15 is 0 Å². The standard InChI is InChI=1S/C9H8O3/c10-6-3-5-1-2-7-9(8(5)6)12-4-11-7/h1-2,6,10H,3-4H2. The molecule has 1 N–H and O–H groups in total. The van der Waals surface area contributed by atoms with E-state index in [9.17, 15) is 5.11 Å². The molecule has 3 heteroatoms. The molecule has 1 aromatic carbocycles. The first-order chi connectivity index (χ1) is 5.86. The number of fused-ring (bicyclic) bond motifs is 3. The van der Waals surface area contributed by atoms with Gasteiger partial charge in [0.2, 0.25) is 6.79 Å². The summed E-state index contributed by atoms with van der Waals surface area (Å²) in [5, 5.41) is 9.43. The van der Waals surface area contributed by atoms with Crippen molar-refractivity contribution in [3.63, 3.8) is 0 Å². The van der Waals surface area contributed by atoms with Crippen molar-refractivity contribution in [1.82, 2.24) is 0 Å². The number of hydrogen-bond donors (Lipinski definition) is 1. The number of aliphatic hydroxyl groups excluding tert-OH is 1. The highest BCUT2D eigenvalue weighted by Gasteiger charge is 2.32. The molecule has 12 heavy (non-hydrogen) atoms. The monoisotopic (exact) mass is 164 g/mol. The van der Waals surface area contributed by atoms with Gasteiger partial charge in [-0.05, 0) is 11.6 Å². The number of ether oxygens (including phenoxy) is 2. The lowest BCUT2D eigenvalue weighted by Crippen LogP contribution is -2.16. The van der Waals surface area contributed by atoms with Crippen LogP contribution in [-0.4, -0.2) is 11.9 Å². The Labute approximate surface area is 69.5 Å².